The second-order valence-electron chi connectivity index (χ2n) is 7.22. The van der Waals surface area contributed by atoms with Gasteiger partial charge in [-0.2, -0.15) is 0 Å². The lowest BCUT2D eigenvalue weighted by Gasteiger charge is -2.14. The first-order valence-corrected chi connectivity index (χ1v) is 9.82. The number of amides is 1. The van der Waals surface area contributed by atoms with Crippen molar-refractivity contribution in [2.75, 3.05) is 18.4 Å². The van der Waals surface area contributed by atoms with E-state index in [0.717, 1.165) is 43.0 Å². The van der Waals surface area contributed by atoms with Gasteiger partial charge in [0.2, 0.25) is 0 Å². The molecule has 8 nitrogen and oxygen atoms in total. The molecule has 2 aromatic carbocycles. The molecule has 1 aliphatic heterocycles. The highest BCUT2D eigenvalue weighted by Crippen LogP contribution is 2.23. The molecular formula is C21H23N5O3. The molecule has 0 aliphatic carbocycles. The van der Waals surface area contributed by atoms with E-state index in [1.165, 1.54) is 31.0 Å². The molecule has 29 heavy (non-hydrogen) atoms. The molecule has 0 bridgehead atoms. The summed E-state index contributed by atoms with van der Waals surface area (Å²) < 4.78 is 2.21. The van der Waals surface area contributed by atoms with E-state index in [9.17, 15) is 14.9 Å². The highest BCUT2D eigenvalue weighted by molar-refractivity contribution is 6.05. The van der Waals surface area contributed by atoms with Crippen molar-refractivity contribution in [2.24, 2.45) is 0 Å². The van der Waals surface area contributed by atoms with E-state index in [-0.39, 0.29) is 17.2 Å². The summed E-state index contributed by atoms with van der Waals surface area (Å²) in [5.41, 5.74) is 2.62. The van der Waals surface area contributed by atoms with Crippen molar-refractivity contribution in [3.63, 3.8) is 0 Å². The molecule has 1 fully saturated rings. The first-order chi connectivity index (χ1) is 14.0. The number of hydrogen-bond donors (Lipinski definition) is 1. The predicted octanol–water partition coefficient (Wildman–Crippen LogP) is 3.81. The van der Waals surface area contributed by atoms with E-state index in [2.05, 4.69) is 21.7 Å². The molecular weight excluding hydrogens is 370 g/mol. The van der Waals surface area contributed by atoms with Crippen molar-refractivity contribution >= 4 is 28.3 Å². The summed E-state index contributed by atoms with van der Waals surface area (Å²) in [7, 11) is 0. The van der Waals surface area contributed by atoms with Gasteiger partial charge in [0.05, 0.1) is 22.5 Å². The molecule has 3 aromatic rings. The summed E-state index contributed by atoms with van der Waals surface area (Å²) in [6, 6.07) is 11.3. The zero-order valence-corrected chi connectivity index (χ0v) is 16.3. The number of aromatic nitrogens is 2. The number of nitro groups is 1. The van der Waals surface area contributed by atoms with E-state index in [4.69, 9.17) is 4.98 Å². The number of aryl methyl sites for hydroxylation is 1. The second-order valence-corrected chi connectivity index (χ2v) is 7.22. The number of nitrogens with one attached hydrogen (secondary N) is 1. The molecule has 0 radical (unpaired) electrons. The molecule has 8 heteroatoms. The number of hydrogen-bond acceptors (Lipinski definition) is 5. The lowest BCUT2D eigenvalue weighted by Crippen LogP contribution is -2.21. The molecule has 150 valence electrons. The first-order valence-electron chi connectivity index (χ1n) is 9.82. The minimum Gasteiger partial charge on any atom is -0.327 e. The Bertz CT molecular complexity index is 1070. The maximum atomic E-state index is 12.5. The average Bonchev–Trinajstić information content (AvgIpc) is 3.35. The monoisotopic (exact) mass is 393 g/mol. The number of nitrogens with zero attached hydrogens (tertiary/aromatic N) is 4. The Hall–Kier alpha value is -3.26. The zero-order valence-electron chi connectivity index (χ0n) is 16.3. The Morgan fingerprint density at radius 3 is 2.72 bits per heavy atom. The molecule has 0 spiro atoms. The topological polar surface area (TPSA) is 93.3 Å². The number of imidazole rings is 1. The largest absolute Gasteiger partial charge is 0.327 e. The fourth-order valence-electron chi connectivity index (χ4n) is 3.84. The van der Waals surface area contributed by atoms with Gasteiger partial charge in [0.25, 0.3) is 11.6 Å². The summed E-state index contributed by atoms with van der Waals surface area (Å²) >= 11 is 0. The molecule has 1 saturated heterocycles. The van der Waals surface area contributed by atoms with Crippen LogP contribution in [0.25, 0.3) is 11.0 Å². The zero-order chi connectivity index (χ0) is 20.4. The van der Waals surface area contributed by atoms with Gasteiger partial charge in [0.1, 0.15) is 5.82 Å². The minimum absolute atomic E-state index is 0.110. The van der Waals surface area contributed by atoms with Crippen LogP contribution in [0.2, 0.25) is 0 Å². The van der Waals surface area contributed by atoms with Gasteiger partial charge in [0.15, 0.2) is 0 Å². The summed E-state index contributed by atoms with van der Waals surface area (Å²) in [6.45, 7) is 5.98. The third-order valence-corrected chi connectivity index (χ3v) is 5.28. The van der Waals surface area contributed by atoms with Crippen LogP contribution in [0.4, 0.5) is 11.4 Å². The van der Waals surface area contributed by atoms with Crippen molar-refractivity contribution in [2.45, 2.75) is 32.9 Å². The number of carbonyl (C=O) groups excluding carboxylic acids is 1. The van der Waals surface area contributed by atoms with Crippen LogP contribution in [-0.4, -0.2) is 38.4 Å². The van der Waals surface area contributed by atoms with Gasteiger partial charge in [-0.3, -0.25) is 19.8 Å². The first kappa shape index (κ1) is 19.1. The second kappa shape index (κ2) is 8.00. The molecule has 0 atom stereocenters. The van der Waals surface area contributed by atoms with Gasteiger partial charge in [-0.25, -0.2) is 4.98 Å². The number of carbonyl (C=O) groups is 1. The van der Waals surface area contributed by atoms with Crippen LogP contribution >= 0.6 is 0 Å². The normalized spacial score (nSPS) is 14.4. The minimum atomic E-state index is -0.512. The average molecular weight is 393 g/mol. The fourth-order valence-corrected chi connectivity index (χ4v) is 3.84. The van der Waals surface area contributed by atoms with Crippen LogP contribution in [0.15, 0.2) is 42.5 Å². The predicted molar refractivity (Wildman–Crippen MR) is 111 cm³/mol. The molecule has 2 heterocycles. The van der Waals surface area contributed by atoms with Crippen molar-refractivity contribution in [1.29, 1.82) is 0 Å². The van der Waals surface area contributed by atoms with Gasteiger partial charge in [-0.15, -0.1) is 0 Å². The van der Waals surface area contributed by atoms with Crippen molar-refractivity contribution in [3.8, 4) is 0 Å². The molecule has 1 amide bonds. The number of fused-ring (bicyclic) bond motifs is 1. The van der Waals surface area contributed by atoms with E-state index in [1.54, 1.807) is 6.07 Å². The molecule has 1 aliphatic rings. The lowest BCUT2D eigenvalue weighted by molar-refractivity contribution is -0.384. The SMILES string of the molecule is CCn1c(CN2CCCC2)nc2cc(NC(=O)c3cccc([N+](=O)[O-])c3)ccc21. The Morgan fingerprint density at radius 2 is 2.00 bits per heavy atom. The lowest BCUT2D eigenvalue weighted by atomic mass is 10.2. The van der Waals surface area contributed by atoms with Crippen molar-refractivity contribution in [3.05, 3.63) is 64.0 Å². The maximum absolute atomic E-state index is 12.5. The summed E-state index contributed by atoms with van der Waals surface area (Å²) in [5.74, 6) is 0.645. The van der Waals surface area contributed by atoms with Gasteiger partial charge >= 0.3 is 0 Å². The van der Waals surface area contributed by atoms with Gasteiger partial charge in [0, 0.05) is 29.9 Å². The van der Waals surface area contributed by atoms with Crippen LogP contribution in [-0.2, 0) is 13.1 Å². The molecule has 1 aromatic heterocycles. The van der Waals surface area contributed by atoms with Crippen LogP contribution in [0.3, 0.4) is 0 Å². The molecule has 1 N–H and O–H groups in total. The summed E-state index contributed by atoms with van der Waals surface area (Å²) in [5, 5.41) is 13.7. The Labute approximate surface area is 168 Å². The van der Waals surface area contributed by atoms with Crippen molar-refractivity contribution < 1.29 is 9.72 Å². The smallest absolute Gasteiger partial charge is 0.270 e. The van der Waals surface area contributed by atoms with E-state index in [1.807, 2.05) is 18.2 Å². The molecule has 0 saturated carbocycles. The van der Waals surface area contributed by atoms with Gasteiger partial charge in [-0.05, 0) is 57.1 Å². The number of likely N-dealkylation sites (tertiary alicyclic amines) is 1. The van der Waals surface area contributed by atoms with Crippen LogP contribution in [0.5, 0.6) is 0 Å². The Kier molecular flexibility index (Phi) is 5.26. The standard InChI is InChI=1S/C21H23N5O3/c1-2-25-19-9-8-16(13-18(19)23-20(25)14-24-10-3-4-11-24)22-21(27)15-6-5-7-17(12-15)26(28)29/h5-9,12-13H,2-4,10-11,14H2,1H3,(H,22,27). The van der Waals surface area contributed by atoms with E-state index < -0.39 is 4.92 Å². The molecule has 4 rings (SSSR count). The number of non-ortho nitro benzene ring substituents is 1. The molecule has 0 unspecified atom stereocenters. The third kappa shape index (κ3) is 3.97. The number of anilines is 1. The van der Waals surface area contributed by atoms with Crippen LogP contribution in [0.1, 0.15) is 35.9 Å². The van der Waals surface area contributed by atoms with Gasteiger partial charge in [-0.1, -0.05) is 6.07 Å². The van der Waals surface area contributed by atoms with Crippen molar-refractivity contribution in [1.82, 2.24) is 14.5 Å². The van der Waals surface area contributed by atoms with Crippen LogP contribution < -0.4 is 5.32 Å². The Morgan fingerprint density at radius 1 is 1.21 bits per heavy atom. The van der Waals surface area contributed by atoms with E-state index in [0.29, 0.717) is 5.69 Å². The third-order valence-electron chi connectivity index (χ3n) is 5.28. The Balaban J connectivity index is 1.57. The maximum Gasteiger partial charge on any atom is 0.270 e. The summed E-state index contributed by atoms with van der Waals surface area (Å²) in [4.78, 5) is 30.2. The van der Waals surface area contributed by atoms with Gasteiger partial charge < -0.3 is 9.88 Å². The number of benzene rings is 2. The summed E-state index contributed by atoms with van der Waals surface area (Å²) in [6.07, 6.45) is 2.47. The van der Waals surface area contributed by atoms with Crippen LogP contribution in [0, 0.1) is 10.1 Å². The number of nitro benzene ring substituents is 1. The fraction of sp³-hybridized carbons (Fsp3) is 0.333. The number of rotatable bonds is 6. The van der Waals surface area contributed by atoms with E-state index >= 15 is 0 Å². The highest BCUT2D eigenvalue weighted by atomic mass is 16.6. The highest BCUT2D eigenvalue weighted by Gasteiger charge is 2.17. The quantitative estimate of drug-likeness (QED) is 0.508.